The summed E-state index contributed by atoms with van der Waals surface area (Å²) in [5.41, 5.74) is 0.686. The molecule has 0 bridgehead atoms. The van der Waals surface area contributed by atoms with Crippen molar-refractivity contribution in [3.05, 3.63) is 17.5 Å². The fourth-order valence-corrected chi connectivity index (χ4v) is 0.814. The van der Waals surface area contributed by atoms with E-state index >= 15 is 0 Å². The first-order valence-electron chi connectivity index (χ1n) is 3.72. The Morgan fingerprint density at radius 1 is 1.67 bits per heavy atom. The molecule has 0 aromatic carbocycles. The third kappa shape index (κ3) is 2.08. The lowest BCUT2D eigenvalue weighted by atomic mass is 10.3. The van der Waals surface area contributed by atoms with E-state index in [1.807, 2.05) is 0 Å². The highest BCUT2D eigenvalue weighted by molar-refractivity contribution is 5.77. The summed E-state index contributed by atoms with van der Waals surface area (Å²) in [5, 5.41) is 3.72. The standard InChI is InChI=1S/C8H12N2O2/c1-6-4-7(9-12-6)5-8(11)10(2)3/h4H,5H2,1-3H3. The van der Waals surface area contributed by atoms with Gasteiger partial charge in [-0.25, -0.2) is 0 Å². The molecular weight excluding hydrogens is 156 g/mol. The van der Waals surface area contributed by atoms with E-state index in [0.29, 0.717) is 12.1 Å². The van der Waals surface area contributed by atoms with E-state index in [-0.39, 0.29) is 5.91 Å². The highest BCUT2D eigenvalue weighted by Crippen LogP contribution is 2.02. The van der Waals surface area contributed by atoms with Crippen molar-refractivity contribution in [1.29, 1.82) is 0 Å². The predicted molar refractivity (Wildman–Crippen MR) is 43.6 cm³/mol. The minimum atomic E-state index is 0.0308. The lowest BCUT2D eigenvalue weighted by Crippen LogP contribution is -2.23. The van der Waals surface area contributed by atoms with Crippen LogP contribution in [0.5, 0.6) is 0 Å². The van der Waals surface area contributed by atoms with Gasteiger partial charge >= 0.3 is 0 Å². The van der Waals surface area contributed by atoms with Gasteiger partial charge in [-0.1, -0.05) is 5.16 Å². The topological polar surface area (TPSA) is 46.3 Å². The van der Waals surface area contributed by atoms with Crippen LogP contribution in [-0.2, 0) is 11.2 Å². The molecular formula is C8H12N2O2. The van der Waals surface area contributed by atoms with E-state index < -0.39 is 0 Å². The number of hydrogen-bond acceptors (Lipinski definition) is 3. The summed E-state index contributed by atoms with van der Waals surface area (Å²) in [6, 6.07) is 1.77. The minimum Gasteiger partial charge on any atom is -0.361 e. The molecule has 4 nitrogen and oxygen atoms in total. The molecule has 0 N–H and O–H groups in total. The summed E-state index contributed by atoms with van der Waals surface area (Å²) in [7, 11) is 3.44. The molecule has 0 aliphatic carbocycles. The first-order valence-corrected chi connectivity index (χ1v) is 3.72. The third-order valence-corrected chi connectivity index (χ3v) is 1.51. The SMILES string of the molecule is Cc1cc(CC(=O)N(C)C)no1. The number of carbonyl (C=O) groups is 1. The maximum Gasteiger partial charge on any atom is 0.228 e. The van der Waals surface area contributed by atoms with Gasteiger partial charge in [0.05, 0.1) is 12.1 Å². The number of carbonyl (C=O) groups excluding carboxylic acids is 1. The zero-order valence-electron chi connectivity index (χ0n) is 7.50. The minimum absolute atomic E-state index is 0.0308. The van der Waals surface area contributed by atoms with Crippen LogP contribution in [-0.4, -0.2) is 30.1 Å². The van der Waals surface area contributed by atoms with Crippen molar-refractivity contribution in [3.63, 3.8) is 0 Å². The molecule has 0 aliphatic heterocycles. The van der Waals surface area contributed by atoms with Gasteiger partial charge in [0.15, 0.2) is 0 Å². The number of amides is 1. The van der Waals surface area contributed by atoms with Gasteiger partial charge in [0.25, 0.3) is 0 Å². The van der Waals surface area contributed by atoms with Gasteiger partial charge < -0.3 is 9.42 Å². The molecule has 1 rings (SSSR count). The third-order valence-electron chi connectivity index (χ3n) is 1.51. The van der Waals surface area contributed by atoms with Gasteiger partial charge in [0, 0.05) is 20.2 Å². The Hall–Kier alpha value is -1.32. The van der Waals surface area contributed by atoms with Crippen LogP contribution in [0.2, 0.25) is 0 Å². The normalized spacial score (nSPS) is 9.92. The highest BCUT2D eigenvalue weighted by Gasteiger charge is 2.08. The summed E-state index contributed by atoms with van der Waals surface area (Å²) >= 11 is 0. The number of rotatable bonds is 2. The van der Waals surface area contributed by atoms with Crippen LogP contribution < -0.4 is 0 Å². The summed E-state index contributed by atoms with van der Waals surface area (Å²) in [5.74, 6) is 0.764. The first-order chi connectivity index (χ1) is 5.59. The second-order valence-corrected chi connectivity index (χ2v) is 2.89. The number of aromatic nitrogens is 1. The first kappa shape index (κ1) is 8.77. The molecule has 0 spiro atoms. The molecule has 1 aromatic heterocycles. The van der Waals surface area contributed by atoms with E-state index in [2.05, 4.69) is 5.16 Å². The molecule has 0 fully saturated rings. The molecule has 12 heavy (non-hydrogen) atoms. The summed E-state index contributed by atoms with van der Waals surface area (Å²) in [6.45, 7) is 1.80. The molecule has 1 aromatic rings. The second kappa shape index (κ2) is 3.38. The van der Waals surface area contributed by atoms with Crippen LogP contribution in [0.15, 0.2) is 10.6 Å². The Morgan fingerprint density at radius 2 is 2.33 bits per heavy atom. The van der Waals surface area contributed by atoms with Gasteiger partial charge in [-0.05, 0) is 6.92 Å². The van der Waals surface area contributed by atoms with Crippen LogP contribution in [0.4, 0.5) is 0 Å². The maximum atomic E-state index is 11.2. The number of aryl methyl sites for hydroxylation is 1. The van der Waals surface area contributed by atoms with Crippen molar-refractivity contribution in [3.8, 4) is 0 Å². The molecule has 1 heterocycles. The van der Waals surface area contributed by atoms with Gasteiger partial charge in [-0.2, -0.15) is 0 Å². The van der Waals surface area contributed by atoms with E-state index in [0.717, 1.165) is 5.76 Å². The fraction of sp³-hybridized carbons (Fsp3) is 0.500. The van der Waals surface area contributed by atoms with Crippen molar-refractivity contribution in [1.82, 2.24) is 10.1 Å². The van der Waals surface area contributed by atoms with E-state index in [9.17, 15) is 4.79 Å². The van der Waals surface area contributed by atoms with Crippen LogP contribution in [0, 0.1) is 6.92 Å². The second-order valence-electron chi connectivity index (χ2n) is 2.89. The number of hydrogen-bond donors (Lipinski definition) is 0. The zero-order valence-corrected chi connectivity index (χ0v) is 7.50. The van der Waals surface area contributed by atoms with Crippen LogP contribution in [0.3, 0.4) is 0 Å². The molecule has 0 radical (unpaired) electrons. The van der Waals surface area contributed by atoms with Gasteiger partial charge in [-0.15, -0.1) is 0 Å². The molecule has 0 atom stereocenters. The molecule has 0 saturated heterocycles. The Balaban J connectivity index is 2.58. The Morgan fingerprint density at radius 3 is 2.75 bits per heavy atom. The number of likely N-dealkylation sites (N-methyl/N-ethyl adjacent to an activating group) is 1. The number of nitrogens with zero attached hydrogens (tertiary/aromatic N) is 2. The van der Waals surface area contributed by atoms with E-state index in [1.165, 1.54) is 4.90 Å². The zero-order chi connectivity index (χ0) is 9.14. The van der Waals surface area contributed by atoms with Gasteiger partial charge in [-0.3, -0.25) is 4.79 Å². The molecule has 66 valence electrons. The summed E-state index contributed by atoms with van der Waals surface area (Å²) in [6.07, 6.45) is 0.310. The Bertz CT molecular complexity index is 278. The lowest BCUT2D eigenvalue weighted by molar-refractivity contribution is -0.128. The Kier molecular flexibility index (Phi) is 2.47. The lowest BCUT2D eigenvalue weighted by Gasteiger charge is -2.07. The average molecular weight is 168 g/mol. The van der Waals surface area contributed by atoms with Crippen molar-refractivity contribution >= 4 is 5.91 Å². The monoisotopic (exact) mass is 168 g/mol. The predicted octanol–water partition coefficient (Wildman–Crippen LogP) is 0.614. The van der Waals surface area contributed by atoms with Crippen molar-refractivity contribution in [2.75, 3.05) is 14.1 Å². The highest BCUT2D eigenvalue weighted by atomic mass is 16.5. The fourth-order valence-electron chi connectivity index (χ4n) is 0.814. The largest absolute Gasteiger partial charge is 0.361 e. The van der Waals surface area contributed by atoms with Gasteiger partial charge in [0.2, 0.25) is 5.91 Å². The Labute approximate surface area is 71.1 Å². The maximum absolute atomic E-state index is 11.2. The molecule has 4 heteroatoms. The molecule has 0 unspecified atom stereocenters. The molecule has 0 aliphatic rings. The molecule has 0 saturated carbocycles. The van der Waals surface area contributed by atoms with Gasteiger partial charge in [0.1, 0.15) is 5.76 Å². The summed E-state index contributed by atoms with van der Waals surface area (Å²) in [4.78, 5) is 12.7. The van der Waals surface area contributed by atoms with Crippen LogP contribution in [0.1, 0.15) is 11.5 Å². The smallest absolute Gasteiger partial charge is 0.228 e. The molecule has 1 amide bonds. The summed E-state index contributed by atoms with van der Waals surface area (Å²) < 4.78 is 4.82. The van der Waals surface area contributed by atoms with E-state index in [4.69, 9.17) is 4.52 Å². The quantitative estimate of drug-likeness (QED) is 0.650. The van der Waals surface area contributed by atoms with Crippen molar-refractivity contribution in [2.45, 2.75) is 13.3 Å². The van der Waals surface area contributed by atoms with E-state index in [1.54, 1.807) is 27.1 Å². The van der Waals surface area contributed by atoms with Crippen LogP contribution in [0.25, 0.3) is 0 Å². The van der Waals surface area contributed by atoms with Crippen molar-refractivity contribution < 1.29 is 9.32 Å². The average Bonchev–Trinajstić information content (AvgIpc) is 2.35. The van der Waals surface area contributed by atoms with Crippen LogP contribution >= 0.6 is 0 Å². The van der Waals surface area contributed by atoms with Crippen molar-refractivity contribution in [2.24, 2.45) is 0 Å².